The predicted octanol–water partition coefficient (Wildman–Crippen LogP) is 2.96. The highest BCUT2D eigenvalue weighted by atomic mass is 35.5. The van der Waals surface area contributed by atoms with Gasteiger partial charge in [0.2, 0.25) is 0 Å². The fourth-order valence-electron chi connectivity index (χ4n) is 3.02. The first-order chi connectivity index (χ1) is 9.58. The van der Waals surface area contributed by atoms with Crippen LogP contribution in [-0.2, 0) is 9.84 Å². The molecule has 1 aromatic heterocycles. The molecule has 1 aliphatic heterocycles. The van der Waals surface area contributed by atoms with Crippen LogP contribution in [0.25, 0.3) is 0 Å². The van der Waals surface area contributed by atoms with Crippen molar-refractivity contribution in [2.45, 2.75) is 56.4 Å². The summed E-state index contributed by atoms with van der Waals surface area (Å²) in [6.45, 7) is 0. The molecule has 2 heterocycles. The Hall–Kier alpha value is -0.750. The molecule has 0 aromatic carbocycles. The molecule has 20 heavy (non-hydrogen) atoms. The molecule has 5 nitrogen and oxygen atoms in total. The van der Waals surface area contributed by atoms with Gasteiger partial charge in [-0.1, -0.05) is 18.0 Å². The fraction of sp³-hybridized carbons (Fsp3) is 0.769. The molecule has 3 rings (SSSR count). The van der Waals surface area contributed by atoms with Crippen LogP contribution >= 0.6 is 11.6 Å². The van der Waals surface area contributed by atoms with Crippen molar-refractivity contribution >= 4 is 21.4 Å². The van der Waals surface area contributed by atoms with E-state index in [1.165, 1.54) is 23.9 Å². The second-order valence-corrected chi connectivity index (χ2v) is 8.22. The maximum atomic E-state index is 12.0. The Morgan fingerprint density at radius 3 is 2.60 bits per heavy atom. The maximum absolute atomic E-state index is 12.0. The summed E-state index contributed by atoms with van der Waals surface area (Å²) >= 11 is 6.26. The van der Waals surface area contributed by atoms with Crippen molar-refractivity contribution in [1.82, 2.24) is 9.78 Å². The van der Waals surface area contributed by atoms with Crippen LogP contribution in [0.4, 0.5) is 0 Å². The van der Waals surface area contributed by atoms with Gasteiger partial charge in [0, 0.05) is 0 Å². The van der Waals surface area contributed by atoms with E-state index in [0.29, 0.717) is 23.7 Å². The summed E-state index contributed by atoms with van der Waals surface area (Å²) in [5.74, 6) is 0.729. The number of sulfone groups is 1. The highest BCUT2D eigenvalue weighted by Crippen LogP contribution is 2.36. The molecule has 2 fully saturated rings. The molecule has 112 valence electrons. The largest absolute Gasteiger partial charge is 0.486 e. The van der Waals surface area contributed by atoms with Crippen LogP contribution in [0, 0.1) is 0 Å². The van der Waals surface area contributed by atoms with Gasteiger partial charge in [-0.2, -0.15) is 5.10 Å². The van der Waals surface area contributed by atoms with Gasteiger partial charge >= 0.3 is 0 Å². The van der Waals surface area contributed by atoms with E-state index in [2.05, 4.69) is 5.10 Å². The van der Waals surface area contributed by atoms with Crippen molar-refractivity contribution in [3.8, 4) is 5.75 Å². The summed E-state index contributed by atoms with van der Waals surface area (Å²) in [6.07, 6.45) is 8.64. The Labute approximate surface area is 124 Å². The average Bonchev–Trinajstić information content (AvgIpc) is 2.94. The third-order valence-electron chi connectivity index (χ3n) is 4.12. The Balaban J connectivity index is 1.78. The zero-order chi connectivity index (χ0) is 14.2. The Morgan fingerprint density at radius 1 is 1.20 bits per heavy atom. The van der Waals surface area contributed by atoms with Crippen molar-refractivity contribution < 1.29 is 13.2 Å². The molecule has 7 heteroatoms. The van der Waals surface area contributed by atoms with Crippen LogP contribution < -0.4 is 4.74 Å². The highest BCUT2D eigenvalue weighted by molar-refractivity contribution is 7.91. The molecular weight excluding hydrogens is 300 g/mol. The molecule has 2 aliphatic rings. The van der Waals surface area contributed by atoms with Gasteiger partial charge in [-0.25, -0.2) is 13.1 Å². The first kappa shape index (κ1) is 14.2. The molecule has 0 amide bonds. The topological polar surface area (TPSA) is 61.2 Å². The number of hydrogen-bond donors (Lipinski definition) is 0. The highest BCUT2D eigenvalue weighted by Gasteiger charge is 2.35. The number of hydrogen-bond acceptors (Lipinski definition) is 4. The molecule has 0 spiro atoms. The van der Waals surface area contributed by atoms with E-state index in [1.807, 2.05) is 0 Å². The van der Waals surface area contributed by atoms with E-state index in [0.717, 1.165) is 12.8 Å². The minimum Gasteiger partial charge on any atom is -0.486 e. The Morgan fingerprint density at radius 2 is 1.95 bits per heavy atom. The first-order valence-electron chi connectivity index (χ1n) is 7.19. The summed E-state index contributed by atoms with van der Waals surface area (Å²) < 4.78 is 31.2. The lowest BCUT2D eigenvalue weighted by atomic mass is 9.98. The second kappa shape index (κ2) is 5.56. The lowest BCUT2D eigenvalue weighted by Gasteiger charge is -2.22. The van der Waals surface area contributed by atoms with Crippen molar-refractivity contribution in [2.24, 2.45) is 0 Å². The molecule has 1 saturated carbocycles. The third-order valence-corrected chi connectivity index (χ3v) is 6.60. The van der Waals surface area contributed by atoms with Gasteiger partial charge in [-0.15, -0.1) is 0 Å². The van der Waals surface area contributed by atoms with E-state index < -0.39 is 15.2 Å². The number of nitrogens with zero attached hydrogens (tertiary/aromatic N) is 2. The Kier molecular flexibility index (Phi) is 3.95. The van der Waals surface area contributed by atoms with Crippen LogP contribution in [-0.4, -0.2) is 30.1 Å². The van der Waals surface area contributed by atoms with Gasteiger partial charge in [0.25, 0.3) is 0 Å². The molecule has 1 saturated heterocycles. The van der Waals surface area contributed by atoms with E-state index in [-0.39, 0.29) is 11.9 Å². The summed E-state index contributed by atoms with van der Waals surface area (Å²) in [5, 5.41) is 3.82. The number of halogens is 1. The van der Waals surface area contributed by atoms with Gasteiger partial charge in [-0.3, -0.25) is 0 Å². The molecule has 1 aliphatic carbocycles. The van der Waals surface area contributed by atoms with Gasteiger partial charge in [-0.05, 0) is 38.5 Å². The van der Waals surface area contributed by atoms with Crippen molar-refractivity contribution in [2.75, 3.05) is 5.75 Å². The molecule has 1 unspecified atom stereocenters. The lowest BCUT2D eigenvalue weighted by Crippen LogP contribution is -2.20. The molecular formula is C13H19ClN2O3S. The molecule has 0 radical (unpaired) electrons. The first-order valence-corrected chi connectivity index (χ1v) is 9.28. The fourth-order valence-corrected chi connectivity index (χ4v) is 5.17. The van der Waals surface area contributed by atoms with Gasteiger partial charge in [0.1, 0.15) is 0 Å². The number of aromatic nitrogens is 2. The van der Waals surface area contributed by atoms with Gasteiger partial charge in [0.05, 0.1) is 18.1 Å². The summed E-state index contributed by atoms with van der Waals surface area (Å²) in [6, 6.07) is 0. The second-order valence-electron chi connectivity index (χ2n) is 5.59. The number of rotatable bonds is 3. The Bertz CT molecular complexity index is 578. The molecule has 0 bridgehead atoms. The summed E-state index contributed by atoms with van der Waals surface area (Å²) in [5.41, 5.74) is 0. The van der Waals surface area contributed by atoms with Crippen LogP contribution in [0.2, 0.25) is 5.15 Å². The zero-order valence-corrected chi connectivity index (χ0v) is 12.9. The molecule has 1 aromatic rings. The normalized spacial score (nSPS) is 26.8. The lowest BCUT2D eigenvalue weighted by molar-refractivity contribution is 0.155. The average molecular weight is 319 g/mol. The maximum Gasteiger partial charge on any atom is 0.176 e. The smallest absolute Gasteiger partial charge is 0.176 e. The number of ether oxygens (including phenoxy) is 1. The molecule has 1 atom stereocenters. The van der Waals surface area contributed by atoms with Crippen molar-refractivity contribution in [3.63, 3.8) is 0 Å². The predicted molar refractivity (Wildman–Crippen MR) is 76.8 cm³/mol. The summed E-state index contributed by atoms with van der Waals surface area (Å²) in [4.78, 5) is 0. The van der Waals surface area contributed by atoms with E-state index >= 15 is 0 Å². The minimum atomic E-state index is -3.12. The van der Waals surface area contributed by atoms with Crippen molar-refractivity contribution in [1.29, 1.82) is 0 Å². The van der Waals surface area contributed by atoms with Crippen molar-refractivity contribution in [3.05, 3.63) is 11.3 Å². The van der Waals surface area contributed by atoms with Crippen LogP contribution in [0.5, 0.6) is 5.75 Å². The zero-order valence-electron chi connectivity index (χ0n) is 11.3. The van der Waals surface area contributed by atoms with Crippen LogP contribution in [0.3, 0.4) is 0 Å². The van der Waals surface area contributed by atoms with Gasteiger partial charge in [0.15, 0.2) is 26.1 Å². The minimum absolute atomic E-state index is 0.180. The monoisotopic (exact) mass is 318 g/mol. The van der Waals surface area contributed by atoms with Crippen LogP contribution in [0.15, 0.2) is 6.20 Å². The summed E-state index contributed by atoms with van der Waals surface area (Å²) in [7, 11) is -3.12. The van der Waals surface area contributed by atoms with E-state index in [1.54, 1.807) is 6.20 Å². The molecule has 0 N–H and O–H groups in total. The van der Waals surface area contributed by atoms with E-state index in [4.69, 9.17) is 16.3 Å². The SMILES string of the molecule is O=S1(=O)CCCC1n1ncc(OC2CCCCC2)c1Cl. The third kappa shape index (κ3) is 2.68. The quantitative estimate of drug-likeness (QED) is 0.859. The van der Waals surface area contributed by atoms with Gasteiger partial charge < -0.3 is 4.74 Å². The van der Waals surface area contributed by atoms with Crippen LogP contribution in [0.1, 0.15) is 50.3 Å². The van der Waals surface area contributed by atoms with E-state index in [9.17, 15) is 8.42 Å². The standard InChI is InChI=1S/C13H19ClN2O3S/c14-13-11(19-10-5-2-1-3-6-10)9-15-16(13)12-7-4-8-20(12,17)18/h9-10,12H,1-8H2.